The van der Waals surface area contributed by atoms with Gasteiger partial charge in [-0.3, -0.25) is 4.79 Å². The second kappa shape index (κ2) is 8.10. The number of rotatable bonds is 7. The third-order valence-corrected chi connectivity index (χ3v) is 12.1. The largest absolute Gasteiger partial charge is 0.415 e. The monoisotopic (exact) mass is 326 g/mol. The molecule has 0 bridgehead atoms. The van der Waals surface area contributed by atoms with E-state index in [4.69, 9.17) is 4.43 Å². The Hall–Kier alpha value is -0.153. The van der Waals surface area contributed by atoms with Crippen LogP contribution in [-0.2, 0) is 9.22 Å². The summed E-state index contributed by atoms with van der Waals surface area (Å²) >= 11 is 0. The quantitative estimate of drug-likeness (QED) is 0.551. The first-order valence-electron chi connectivity index (χ1n) is 9.29. The van der Waals surface area contributed by atoms with E-state index in [9.17, 15) is 4.79 Å². The van der Waals surface area contributed by atoms with Gasteiger partial charge < -0.3 is 4.43 Å². The van der Waals surface area contributed by atoms with Crippen molar-refractivity contribution in [1.29, 1.82) is 0 Å². The lowest BCUT2D eigenvalue weighted by atomic mass is 9.76. The maximum Gasteiger partial charge on any atom is 0.200 e. The number of hydrogen-bond acceptors (Lipinski definition) is 2. The van der Waals surface area contributed by atoms with Crippen LogP contribution in [0.4, 0.5) is 0 Å². The van der Waals surface area contributed by atoms with Gasteiger partial charge in [-0.25, -0.2) is 0 Å². The molecule has 3 heteroatoms. The summed E-state index contributed by atoms with van der Waals surface area (Å²) in [6.45, 7) is 19.0. The smallest absolute Gasteiger partial charge is 0.200 e. The van der Waals surface area contributed by atoms with Gasteiger partial charge in [-0.15, -0.1) is 0 Å². The van der Waals surface area contributed by atoms with Crippen LogP contribution in [-0.4, -0.2) is 20.7 Å². The minimum Gasteiger partial charge on any atom is -0.415 e. The van der Waals surface area contributed by atoms with Gasteiger partial charge >= 0.3 is 0 Å². The van der Waals surface area contributed by atoms with Crippen molar-refractivity contribution in [3.05, 3.63) is 0 Å². The Labute approximate surface area is 139 Å². The lowest BCUT2D eigenvalue weighted by molar-refractivity contribution is -0.127. The predicted octanol–water partition coefficient (Wildman–Crippen LogP) is 5.82. The lowest BCUT2D eigenvalue weighted by Gasteiger charge is -2.43. The lowest BCUT2D eigenvalue weighted by Crippen LogP contribution is -2.49. The molecule has 0 radical (unpaired) electrons. The van der Waals surface area contributed by atoms with Crippen molar-refractivity contribution in [2.45, 2.75) is 91.3 Å². The SMILES string of the molecule is CC(C)[C@@H]1CC[C@@H](CO[Si](C(C)C)(C(C)C)C(C)C)C(=O)C1. The number of carbonyl (C=O) groups excluding carboxylic acids is 1. The summed E-state index contributed by atoms with van der Waals surface area (Å²) in [6, 6.07) is 0. The molecule has 0 amide bonds. The van der Waals surface area contributed by atoms with E-state index in [1.807, 2.05) is 0 Å². The van der Waals surface area contributed by atoms with Crippen molar-refractivity contribution in [1.82, 2.24) is 0 Å². The predicted molar refractivity (Wildman–Crippen MR) is 97.7 cm³/mol. The average Bonchev–Trinajstić information content (AvgIpc) is 2.39. The zero-order chi connectivity index (χ0) is 17.1. The molecule has 2 nitrogen and oxygen atoms in total. The van der Waals surface area contributed by atoms with E-state index < -0.39 is 8.32 Å². The molecule has 0 aromatic rings. The Kier molecular flexibility index (Phi) is 7.32. The van der Waals surface area contributed by atoms with Gasteiger partial charge in [0.2, 0.25) is 0 Å². The zero-order valence-electron chi connectivity index (χ0n) is 16.1. The summed E-state index contributed by atoms with van der Waals surface area (Å²) in [7, 11) is -1.83. The van der Waals surface area contributed by atoms with Gasteiger partial charge in [-0.2, -0.15) is 0 Å². The van der Waals surface area contributed by atoms with Gasteiger partial charge in [0.05, 0.1) is 0 Å². The zero-order valence-corrected chi connectivity index (χ0v) is 17.1. The van der Waals surface area contributed by atoms with Crippen LogP contribution in [0.15, 0.2) is 0 Å². The van der Waals surface area contributed by atoms with E-state index >= 15 is 0 Å². The van der Waals surface area contributed by atoms with Crippen LogP contribution in [0.5, 0.6) is 0 Å². The van der Waals surface area contributed by atoms with E-state index in [2.05, 4.69) is 55.4 Å². The fraction of sp³-hybridized carbons (Fsp3) is 0.947. The Bertz CT molecular complexity index is 339. The summed E-state index contributed by atoms with van der Waals surface area (Å²) < 4.78 is 6.64. The first kappa shape index (κ1) is 19.9. The minimum atomic E-state index is -1.83. The third-order valence-electron chi connectivity index (χ3n) is 5.99. The maximum absolute atomic E-state index is 12.5. The van der Waals surface area contributed by atoms with Crippen molar-refractivity contribution in [2.75, 3.05) is 6.61 Å². The number of ketones is 1. The second-order valence-corrected chi connectivity index (χ2v) is 14.0. The van der Waals surface area contributed by atoms with Crippen molar-refractivity contribution in [2.24, 2.45) is 17.8 Å². The topological polar surface area (TPSA) is 26.3 Å². The third kappa shape index (κ3) is 4.23. The minimum absolute atomic E-state index is 0.151. The first-order chi connectivity index (χ1) is 10.1. The van der Waals surface area contributed by atoms with Crippen molar-refractivity contribution in [3.8, 4) is 0 Å². The molecular formula is C19H38O2Si. The molecule has 1 aliphatic rings. The molecule has 1 aliphatic carbocycles. The molecule has 2 atom stereocenters. The highest BCUT2D eigenvalue weighted by Crippen LogP contribution is 2.43. The molecule has 0 aliphatic heterocycles. The van der Waals surface area contributed by atoms with Crippen LogP contribution in [0.3, 0.4) is 0 Å². The Morgan fingerprint density at radius 3 is 1.82 bits per heavy atom. The highest BCUT2D eigenvalue weighted by Gasteiger charge is 2.45. The van der Waals surface area contributed by atoms with Gasteiger partial charge in [0.1, 0.15) is 5.78 Å². The van der Waals surface area contributed by atoms with Crippen LogP contribution >= 0.6 is 0 Å². The molecule has 1 rings (SSSR count). The van der Waals surface area contributed by atoms with Crippen LogP contribution in [0.25, 0.3) is 0 Å². The standard InChI is InChI=1S/C19H38O2Si/c1-13(2)17-9-10-18(19(20)11-17)12-21-22(14(3)4,15(5)6)16(7)8/h13-18H,9-12H2,1-8H3/t17-,18+/m1/s1. The second-order valence-electron chi connectivity index (χ2n) is 8.58. The van der Waals surface area contributed by atoms with Crippen LogP contribution in [0.1, 0.15) is 74.7 Å². The van der Waals surface area contributed by atoms with Crippen LogP contribution in [0.2, 0.25) is 16.6 Å². The Balaban J connectivity index is 2.72. The van der Waals surface area contributed by atoms with E-state index in [0.717, 1.165) is 12.8 Å². The van der Waals surface area contributed by atoms with Gasteiger partial charge in [0, 0.05) is 18.9 Å². The molecule has 0 spiro atoms. The van der Waals surface area contributed by atoms with Crippen molar-refractivity contribution < 1.29 is 9.22 Å². The van der Waals surface area contributed by atoms with Crippen LogP contribution < -0.4 is 0 Å². The summed E-state index contributed by atoms with van der Waals surface area (Å²) in [6.07, 6.45) is 2.99. The molecule has 1 saturated carbocycles. The highest BCUT2D eigenvalue weighted by atomic mass is 28.4. The Morgan fingerprint density at radius 1 is 0.955 bits per heavy atom. The molecule has 0 saturated heterocycles. The maximum atomic E-state index is 12.5. The normalized spacial score (nSPS) is 24.1. The molecular weight excluding hydrogens is 288 g/mol. The fourth-order valence-corrected chi connectivity index (χ4v) is 10.1. The van der Waals surface area contributed by atoms with Crippen LogP contribution in [0, 0.1) is 17.8 Å². The van der Waals surface area contributed by atoms with Gasteiger partial charge in [0.25, 0.3) is 0 Å². The number of hydrogen-bond donors (Lipinski definition) is 0. The average molecular weight is 327 g/mol. The van der Waals surface area contributed by atoms with E-state index in [0.29, 0.717) is 40.8 Å². The summed E-state index contributed by atoms with van der Waals surface area (Å²) in [5, 5.41) is 0. The molecule has 0 heterocycles. The van der Waals surface area contributed by atoms with E-state index in [1.54, 1.807) is 0 Å². The van der Waals surface area contributed by atoms with Crippen molar-refractivity contribution >= 4 is 14.1 Å². The highest BCUT2D eigenvalue weighted by molar-refractivity contribution is 6.77. The van der Waals surface area contributed by atoms with Gasteiger partial charge in [-0.05, 0) is 41.3 Å². The Morgan fingerprint density at radius 2 is 1.45 bits per heavy atom. The molecule has 0 unspecified atom stereocenters. The molecule has 0 aromatic heterocycles. The first-order valence-corrected chi connectivity index (χ1v) is 11.4. The van der Waals surface area contributed by atoms with E-state index in [1.165, 1.54) is 6.42 Å². The number of Topliss-reactive ketones (excluding diaryl/α,β-unsaturated/α-hetero) is 1. The fourth-order valence-electron chi connectivity index (χ4n) is 4.59. The summed E-state index contributed by atoms with van der Waals surface area (Å²) in [5.74, 6) is 1.81. The molecule has 0 N–H and O–H groups in total. The molecule has 1 fully saturated rings. The molecule has 0 aromatic carbocycles. The van der Waals surface area contributed by atoms with Gasteiger partial charge in [-0.1, -0.05) is 55.4 Å². The van der Waals surface area contributed by atoms with E-state index in [-0.39, 0.29) is 5.92 Å². The molecule has 22 heavy (non-hydrogen) atoms. The number of carbonyl (C=O) groups is 1. The van der Waals surface area contributed by atoms with Gasteiger partial charge in [0.15, 0.2) is 8.32 Å². The summed E-state index contributed by atoms with van der Waals surface area (Å²) in [5.41, 5.74) is 1.78. The van der Waals surface area contributed by atoms with Crippen molar-refractivity contribution in [3.63, 3.8) is 0 Å². The summed E-state index contributed by atoms with van der Waals surface area (Å²) in [4.78, 5) is 12.5. The molecule has 130 valence electrons.